The molecule has 1 saturated heterocycles. The van der Waals surface area contributed by atoms with Crippen LogP contribution in [0.2, 0.25) is 0 Å². The molecule has 3 nitrogen and oxygen atoms in total. The van der Waals surface area contributed by atoms with Crippen molar-refractivity contribution in [2.24, 2.45) is 0 Å². The summed E-state index contributed by atoms with van der Waals surface area (Å²) in [7, 11) is 0. The van der Waals surface area contributed by atoms with E-state index in [9.17, 15) is 4.79 Å². The van der Waals surface area contributed by atoms with Gasteiger partial charge in [-0.05, 0) is 11.6 Å². The van der Waals surface area contributed by atoms with Crippen molar-refractivity contribution >= 4 is 5.91 Å². The van der Waals surface area contributed by atoms with Gasteiger partial charge in [0.05, 0.1) is 12.6 Å². The number of benzene rings is 2. The van der Waals surface area contributed by atoms with Crippen LogP contribution in [0.5, 0.6) is 0 Å². The Morgan fingerprint density at radius 2 is 1.67 bits per heavy atom. The Labute approximate surface area is 123 Å². The maximum absolute atomic E-state index is 12.4. The third kappa shape index (κ3) is 1.74. The fraction of sp³-hybridized carbons (Fsp3) is 0.167. The van der Waals surface area contributed by atoms with Crippen LogP contribution >= 0.6 is 0 Å². The average Bonchev–Trinajstić information content (AvgIpc) is 3.09. The van der Waals surface area contributed by atoms with Crippen molar-refractivity contribution in [3.05, 3.63) is 83.9 Å². The maximum atomic E-state index is 12.4. The number of nitrogens with zero attached hydrogens (tertiary/aromatic N) is 1. The van der Waals surface area contributed by atoms with Gasteiger partial charge in [0.2, 0.25) is 5.91 Å². The zero-order valence-corrected chi connectivity index (χ0v) is 11.5. The highest BCUT2D eigenvalue weighted by Gasteiger charge is 2.52. The molecule has 2 aliphatic rings. The van der Waals surface area contributed by atoms with Gasteiger partial charge in [0.25, 0.3) is 0 Å². The van der Waals surface area contributed by atoms with E-state index in [0.29, 0.717) is 6.61 Å². The summed E-state index contributed by atoms with van der Waals surface area (Å²) < 4.78 is 6.11. The van der Waals surface area contributed by atoms with Crippen molar-refractivity contribution in [1.82, 2.24) is 4.90 Å². The molecule has 0 aromatic heterocycles. The van der Waals surface area contributed by atoms with Crippen LogP contribution in [-0.2, 0) is 15.3 Å². The first-order valence-corrected chi connectivity index (χ1v) is 7.08. The van der Waals surface area contributed by atoms with E-state index < -0.39 is 5.72 Å². The SMILES string of the molecule is O=C1C=C[C@@]2(c3ccccc3)OC[C@H](c3ccccc3)N12. The quantitative estimate of drug-likeness (QED) is 0.844. The third-order valence-electron chi connectivity index (χ3n) is 4.19. The van der Waals surface area contributed by atoms with E-state index in [4.69, 9.17) is 4.74 Å². The van der Waals surface area contributed by atoms with Gasteiger partial charge in [0, 0.05) is 11.6 Å². The highest BCUT2D eigenvalue weighted by molar-refractivity contribution is 5.92. The lowest BCUT2D eigenvalue weighted by molar-refractivity contribution is -0.136. The van der Waals surface area contributed by atoms with Crippen molar-refractivity contribution < 1.29 is 9.53 Å². The van der Waals surface area contributed by atoms with Crippen molar-refractivity contribution in [1.29, 1.82) is 0 Å². The fourth-order valence-corrected chi connectivity index (χ4v) is 3.21. The highest BCUT2D eigenvalue weighted by Crippen LogP contribution is 2.47. The summed E-state index contributed by atoms with van der Waals surface area (Å²) in [5.41, 5.74) is 1.34. The van der Waals surface area contributed by atoms with Crippen molar-refractivity contribution in [2.45, 2.75) is 11.8 Å². The molecule has 0 aliphatic carbocycles. The second-order valence-corrected chi connectivity index (χ2v) is 5.34. The molecular weight excluding hydrogens is 262 g/mol. The van der Waals surface area contributed by atoms with E-state index in [1.807, 2.05) is 71.6 Å². The smallest absolute Gasteiger partial charge is 0.249 e. The Morgan fingerprint density at radius 3 is 2.38 bits per heavy atom. The molecule has 2 aromatic rings. The predicted octanol–water partition coefficient (Wildman–Crippen LogP) is 3.01. The summed E-state index contributed by atoms with van der Waals surface area (Å²) in [6.07, 6.45) is 3.48. The van der Waals surface area contributed by atoms with Crippen LogP contribution < -0.4 is 0 Å². The molecule has 0 radical (unpaired) electrons. The van der Waals surface area contributed by atoms with Gasteiger partial charge in [0.1, 0.15) is 0 Å². The van der Waals surface area contributed by atoms with Crippen LogP contribution in [0.1, 0.15) is 17.2 Å². The largest absolute Gasteiger partial charge is 0.345 e. The molecule has 2 atom stereocenters. The molecule has 0 bridgehead atoms. The van der Waals surface area contributed by atoms with Crippen LogP contribution in [0, 0.1) is 0 Å². The first-order chi connectivity index (χ1) is 10.3. The van der Waals surface area contributed by atoms with E-state index in [-0.39, 0.29) is 11.9 Å². The zero-order valence-electron chi connectivity index (χ0n) is 11.5. The predicted molar refractivity (Wildman–Crippen MR) is 79.2 cm³/mol. The summed E-state index contributed by atoms with van der Waals surface area (Å²) >= 11 is 0. The lowest BCUT2D eigenvalue weighted by Gasteiger charge is -2.33. The molecule has 3 heteroatoms. The number of amides is 1. The molecule has 2 aromatic carbocycles. The molecule has 1 fully saturated rings. The first-order valence-electron chi connectivity index (χ1n) is 7.08. The lowest BCUT2D eigenvalue weighted by Crippen LogP contribution is -2.40. The van der Waals surface area contributed by atoms with Crippen molar-refractivity contribution in [3.63, 3.8) is 0 Å². The fourth-order valence-electron chi connectivity index (χ4n) is 3.21. The topological polar surface area (TPSA) is 29.5 Å². The molecule has 21 heavy (non-hydrogen) atoms. The minimum Gasteiger partial charge on any atom is -0.345 e. The molecule has 4 rings (SSSR count). The van der Waals surface area contributed by atoms with E-state index >= 15 is 0 Å². The molecule has 0 unspecified atom stereocenters. The van der Waals surface area contributed by atoms with E-state index in [1.54, 1.807) is 6.08 Å². The normalized spacial score (nSPS) is 27.1. The van der Waals surface area contributed by atoms with Crippen LogP contribution in [0.25, 0.3) is 0 Å². The summed E-state index contributed by atoms with van der Waals surface area (Å²) in [5.74, 6) is 0.00482. The standard InChI is InChI=1S/C18H15NO2/c20-17-11-12-18(15-9-5-2-6-10-15)19(17)16(13-21-18)14-7-3-1-4-8-14/h1-12,16H,13H2/t16-,18+/m1/s1. The van der Waals surface area contributed by atoms with Gasteiger partial charge in [-0.3, -0.25) is 9.69 Å². The molecule has 0 N–H and O–H groups in total. The average molecular weight is 277 g/mol. The Kier molecular flexibility index (Phi) is 2.69. The second kappa shape index (κ2) is 4.57. The number of carbonyl (C=O) groups excluding carboxylic acids is 1. The minimum atomic E-state index is -0.751. The summed E-state index contributed by atoms with van der Waals surface area (Å²) in [6.45, 7) is 0.509. The highest BCUT2D eigenvalue weighted by atomic mass is 16.5. The molecule has 2 heterocycles. The van der Waals surface area contributed by atoms with Gasteiger partial charge in [-0.15, -0.1) is 0 Å². The Bertz CT molecular complexity index is 696. The van der Waals surface area contributed by atoms with E-state index in [2.05, 4.69) is 0 Å². The lowest BCUT2D eigenvalue weighted by atomic mass is 10.0. The molecule has 2 aliphatic heterocycles. The minimum absolute atomic E-state index is 0.00482. The van der Waals surface area contributed by atoms with E-state index in [1.165, 1.54) is 0 Å². The second-order valence-electron chi connectivity index (χ2n) is 5.34. The van der Waals surface area contributed by atoms with Crippen LogP contribution in [-0.4, -0.2) is 17.4 Å². The third-order valence-corrected chi connectivity index (χ3v) is 4.19. The first kappa shape index (κ1) is 12.4. The number of carbonyl (C=O) groups is 1. The van der Waals surface area contributed by atoms with Gasteiger partial charge < -0.3 is 4.74 Å². The number of rotatable bonds is 2. The van der Waals surface area contributed by atoms with Crippen molar-refractivity contribution in [3.8, 4) is 0 Å². The van der Waals surface area contributed by atoms with Gasteiger partial charge >= 0.3 is 0 Å². The monoisotopic (exact) mass is 277 g/mol. The molecule has 1 amide bonds. The molecular formula is C18H15NO2. The Hall–Kier alpha value is -2.39. The molecule has 104 valence electrons. The van der Waals surface area contributed by atoms with Crippen LogP contribution in [0.3, 0.4) is 0 Å². The number of fused-ring (bicyclic) bond motifs is 1. The van der Waals surface area contributed by atoms with Gasteiger partial charge in [-0.2, -0.15) is 0 Å². The number of hydrogen-bond donors (Lipinski definition) is 0. The molecule has 0 saturated carbocycles. The molecule has 0 spiro atoms. The zero-order chi connectivity index (χ0) is 14.3. The van der Waals surface area contributed by atoms with E-state index in [0.717, 1.165) is 11.1 Å². The maximum Gasteiger partial charge on any atom is 0.249 e. The van der Waals surface area contributed by atoms with Crippen molar-refractivity contribution in [2.75, 3.05) is 6.61 Å². The Balaban J connectivity index is 1.80. The van der Waals surface area contributed by atoms with Crippen LogP contribution in [0.4, 0.5) is 0 Å². The van der Waals surface area contributed by atoms with Gasteiger partial charge in [-0.25, -0.2) is 0 Å². The number of ether oxygens (including phenoxy) is 1. The van der Waals surface area contributed by atoms with Gasteiger partial charge in [0.15, 0.2) is 5.72 Å². The summed E-state index contributed by atoms with van der Waals surface area (Å²) in [5, 5.41) is 0. The Morgan fingerprint density at radius 1 is 1.00 bits per heavy atom. The summed E-state index contributed by atoms with van der Waals surface area (Å²) in [6, 6.07) is 19.9. The van der Waals surface area contributed by atoms with Gasteiger partial charge in [-0.1, -0.05) is 60.7 Å². The summed E-state index contributed by atoms with van der Waals surface area (Å²) in [4.78, 5) is 14.2. The number of hydrogen-bond acceptors (Lipinski definition) is 2. The van der Waals surface area contributed by atoms with Crippen LogP contribution in [0.15, 0.2) is 72.8 Å².